The highest BCUT2D eigenvalue weighted by Gasteiger charge is 2.20. The minimum Gasteiger partial charge on any atom is -0.385 e. The molecule has 1 aliphatic carbocycles. The molecule has 2 rings (SSSR count). The van der Waals surface area contributed by atoms with Gasteiger partial charge < -0.3 is 11.1 Å². The molecule has 15 heavy (non-hydrogen) atoms. The Morgan fingerprint density at radius 2 is 2.27 bits per heavy atom. The number of benzene rings is 1. The van der Waals surface area contributed by atoms with Crippen LogP contribution in [-0.2, 0) is 0 Å². The molecule has 1 aromatic carbocycles. The molecule has 0 aliphatic heterocycles. The van der Waals surface area contributed by atoms with E-state index in [0.717, 1.165) is 18.2 Å². The Balaban J connectivity index is 1.88. The Bertz CT molecular complexity index is 358. The van der Waals surface area contributed by atoms with E-state index < -0.39 is 0 Å². The zero-order chi connectivity index (χ0) is 10.7. The van der Waals surface area contributed by atoms with E-state index in [9.17, 15) is 4.79 Å². The van der Waals surface area contributed by atoms with Crippen molar-refractivity contribution in [1.82, 2.24) is 0 Å². The number of rotatable bonds is 5. The SMILES string of the molecule is NC(=O)c1cccc(NCCC2CC2)c1. The molecule has 80 valence electrons. The van der Waals surface area contributed by atoms with Gasteiger partial charge >= 0.3 is 0 Å². The molecule has 0 atom stereocenters. The number of amides is 1. The van der Waals surface area contributed by atoms with Gasteiger partial charge in [0.1, 0.15) is 0 Å². The van der Waals surface area contributed by atoms with Crippen LogP contribution in [0.2, 0.25) is 0 Å². The Kier molecular flexibility index (Phi) is 2.90. The maximum Gasteiger partial charge on any atom is 0.248 e. The minimum absolute atomic E-state index is 0.374. The lowest BCUT2D eigenvalue weighted by Gasteiger charge is -2.06. The Hall–Kier alpha value is -1.51. The molecule has 1 saturated carbocycles. The van der Waals surface area contributed by atoms with E-state index in [1.54, 1.807) is 12.1 Å². The van der Waals surface area contributed by atoms with Crippen molar-refractivity contribution in [2.75, 3.05) is 11.9 Å². The van der Waals surface area contributed by atoms with Gasteiger partial charge in [0.15, 0.2) is 0 Å². The topological polar surface area (TPSA) is 55.1 Å². The van der Waals surface area contributed by atoms with E-state index in [4.69, 9.17) is 5.73 Å². The van der Waals surface area contributed by atoms with E-state index in [1.807, 2.05) is 12.1 Å². The monoisotopic (exact) mass is 204 g/mol. The van der Waals surface area contributed by atoms with E-state index in [-0.39, 0.29) is 5.91 Å². The summed E-state index contributed by atoms with van der Waals surface area (Å²) in [4.78, 5) is 10.9. The van der Waals surface area contributed by atoms with Gasteiger partial charge in [0, 0.05) is 17.8 Å². The summed E-state index contributed by atoms with van der Waals surface area (Å²) in [5, 5.41) is 3.30. The van der Waals surface area contributed by atoms with Gasteiger partial charge in [-0.05, 0) is 30.5 Å². The molecule has 1 aromatic rings. The van der Waals surface area contributed by atoms with Gasteiger partial charge in [0.25, 0.3) is 0 Å². The van der Waals surface area contributed by atoms with Crippen molar-refractivity contribution in [3.8, 4) is 0 Å². The van der Waals surface area contributed by atoms with Gasteiger partial charge in [-0.2, -0.15) is 0 Å². The average molecular weight is 204 g/mol. The molecular weight excluding hydrogens is 188 g/mol. The van der Waals surface area contributed by atoms with Crippen molar-refractivity contribution in [2.24, 2.45) is 11.7 Å². The van der Waals surface area contributed by atoms with E-state index in [1.165, 1.54) is 19.3 Å². The zero-order valence-electron chi connectivity index (χ0n) is 8.70. The van der Waals surface area contributed by atoms with Gasteiger partial charge in [-0.1, -0.05) is 18.9 Å². The summed E-state index contributed by atoms with van der Waals surface area (Å²) in [5.41, 5.74) is 6.74. The maximum atomic E-state index is 10.9. The minimum atomic E-state index is -0.374. The van der Waals surface area contributed by atoms with Gasteiger partial charge in [-0.25, -0.2) is 0 Å². The van der Waals surface area contributed by atoms with Crippen LogP contribution >= 0.6 is 0 Å². The molecule has 0 heterocycles. The molecular formula is C12H16N2O. The number of hydrogen-bond acceptors (Lipinski definition) is 2. The van der Waals surface area contributed by atoms with Crippen LogP contribution in [0.3, 0.4) is 0 Å². The number of carbonyl (C=O) groups is 1. The predicted molar refractivity (Wildman–Crippen MR) is 60.8 cm³/mol. The second kappa shape index (κ2) is 4.34. The summed E-state index contributed by atoms with van der Waals surface area (Å²) >= 11 is 0. The van der Waals surface area contributed by atoms with Gasteiger partial charge in [-0.15, -0.1) is 0 Å². The van der Waals surface area contributed by atoms with E-state index >= 15 is 0 Å². The fourth-order valence-electron chi connectivity index (χ4n) is 1.61. The fraction of sp³-hybridized carbons (Fsp3) is 0.417. The average Bonchev–Trinajstić information content (AvgIpc) is 3.02. The van der Waals surface area contributed by atoms with Crippen LogP contribution in [0.5, 0.6) is 0 Å². The molecule has 0 saturated heterocycles. The first kappa shape index (κ1) is 10.0. The molecule has 1 aliphatic rings. The van der Waals surface area contributed by atoms with E-state index in [0.29, 0.717) is 5.56 Å². The van der Waals surface area contributed by atoms with Crippen molar-refractivity contribution in [1.29, 1.82) is 0 Å². The number of primary amides is 1. The highest BCUT2D eigenvalue weighted by molar-refractivity contribution is 5.93. The first-order valence-corrected chi connectivity index (χ1v) is 5.39. The normalized spacial score (nSPS) is 14.9. The summed E-state index contributed by atoms with van der Waals surface area (Å²) in [6.07, 6.45) is 3.98. The van der Waals surface area contributed by atoms with Crippen molar-refractivity contribution >= 4 is 11.6 Å². The molecule has 0 unspecified atom stereocenters. The van der Waals surface area contributed by atoms with Crippen LogP contribution in [0, 0.1) is 5.92 Å². The standard InChI is InChI=1S/C12H16N2O/c13-12(15)10-2-1-3-11(8-10)14-7-6-9-4-5-9/h1-3,8-9,14H,4-7H2,(H2,13,15). The number of anilines is 1. The maximum absolute atomic E-state index is 10.9. The molecule has 3 N–H and O–H groups in total. The molecule has 0 radical (unpaired) electrons. The summed E-state index contributed by atoms with van der Waals surface area (Å²) in [6.45, 7) is 0.979. The summed E-state index contributed by atoms with van der Waals surface area (Å²) in [7, 11) is 0. The predicted octanol–water partition coefficient (Wildman–Crippen LogP) is 2.00. The van der Waals surface area contributed by atoms with Crippen molar-refractivity contribution in [3.05, 3.63) is 29.8 Å². The summed E-state index contributed by atoms with van der Waals surface area (Å²) < 4.78 is 0. The first-order valence-electron chi connectivity index (χ1n) is 5.39. The van der Waals surface area contributed by atoms with Crippen LogP contribution < -0.4 is 11.1 Å². The second-order valence-corrected chi connectivity index (χ2v) is 4.10. The van der Waals surface area contributed by atoms with Crippen LogP contribution in [0.15, 0.2) is 24.3 Å². The van der Waals surface area contributed by atoms with Crippen LogP contribution in [-0.4, -0.2) is 12.5 Å². The number of nitrogens with one attached hydrogen (secondary N) is 1. The van der Waals surface area contributed by atoms with Gasteiger partial charge in [-0.3, -0.25) is 4.79 Å². The Morgan fingerprint density at radius 3 is 2.93 bits per heavy atom. The van der Waals surface area contributed by atoms with Crippen LogP contribution in [0.4, 0.5) is 5.69 Å². The highest BCUT2D eigenvalue weighted by atomic mass is 16.1. The van der Waals surface area contributed by atoms with E-state index in [2.05, 4.69) is 5.32 Å². The number of nitrogens with two attached hydrogens (primary N) is 1. The Morgan fingerprint density at radius 1 is 1.47 bits per heavy atom. The third-order valence-electron chi connectivity index (χ3n) is 2.73. The van der Waals surface area contributed by atoms with Crippen molar-refractivity contribution in [3.63, 3.8) is 0 Å². The van der Waals surface area contributed by atoms with Gasteiger partial charge in [0.05, 0.1) is 0 Å². The van der Waals surface area contributed by atoms with Crippen molar-refractivity contribution in [2.45, 2.75) is 19.3 Å². The summed E-state index contributed by atoms with van der Waals surface area (Å²) in [6, 6.07) is 7.34. The molecule has 0 spiro atoms. The van der Waals surface area contributed by atoms with Crippen molar-refractivity contribution < 1.29 is 4.79 Å². The van der Waals surface area contributed by atoms with Gasteiger partial charge in [0.2, 0.25) is 5.91 Å². The first-order chi connectivity index (χ1) is 7.25. The zero-order valence-corrected chi connectivity index (χ0v) is 8.70. The Labute approximate surface area is 89.7 Å². The third-order valence-corrected chi connectivity index (χ3v) is 2.73. The van der Waals surface area contributed by atoms with Crippen LogP contribution in [0.25, 0.3) is 0 Å². The lowest BCUT2D eigenvalue weighted by Crippen LogP contribution is -2.11. The highest BCUT2D eigenvalue weighted by Crippen LogP contribution is 2.32. The molecule has 1 fully saturated rings. The fourth-order valence-corrected chi connectivity index (χ4v) is 1.61. The summed E-state index contributed by atoms with van der Waals surface area (Å²) in [5.74, 6) is 0.553. The lowest BCUT2D eigenvalue weighted by molar-refractivity contribution is 0.100. The largest absolute Gasteiger partial charge is 0.385 e. The molecule has 3 nitrogen and oxygen atoms in total. The molecule has 3 heteroatoms. The number of carbonyl (C=O) groups excluding carboxylic acids is 1. The third kappa shape index (κ3) is 2.98. The quantitative estimate of drug-likeness (QED) is 0.770. The molecule has 0 aromatic heterocycles. The lowest BCUT2D eigenvalue weighted by atomic mass is 10.2. The molecule has 0 bridgehead atoms. The van der Waals surface area contributed by atoms with Crippen LogP contribution in [0.1, 0.15) is 29.6 Å². The second-order valence-electron chi connectivity index (χ2n) is 4.10. The molecule has 1 amide bonds. The smallest absolute Gasteiger partial charge is 0.248 e. The number of hydrogen-bond donors (Lipinski definition) is 2.